The molecule has 0 aliphatic carbocycles. The van der Waals surface area contributed by atoms with Gasteiger partial charge in [-0.3, -0.25) is 9.69 Å². The Balaban J connectivity index is 1.54. The van der Waals surface area contributed by atoms with Crippen molar-refractivity contribution in [2.45, 2.75) is 13.5 Å². The van der Waals surface area contributed by atoms with Gasteiger partial charge >= 0.3 is 0 Å². The van der Waals surface area contributed by atoms with Crippen molar-refractivity contribution in [2.75, 3.05) is 50.4 Å². The van der Waals surface area contributed by atoms with Crippen LogP contribution in [0.2, 0.25) is 0 Å². The number of ether oxygens (including phenoxy) is 1. The van der Waals surface area contributed by atoms with Gasteiger partial charge in [-0.2, -0.15) is 0 Å². The van der Waals surface area contributed by atoms with Crippen molar-refractivity contribution in [1.82, 2.24) is 19.2 Å². The first-order valence-electron chi connectivity index (χ1n) is 10.4. The molecule has 1 saturated heterocycles. The second-order valence-electron chi connectivity index (χ2n) is 7.86. The number of carbonyl (C=O) groups excluding carboxylic acids is 1. The summed E-state index contributed by atoms with van der Waals surface area (Å²) in [5.74, 6) is 0.542. The Morgan fingerprint density at radius 1 is 1.13 bits per heavy atom. The van der Waals surface area contributed by atoms with Crippen LogP contribution in [0.3, 0.4) is 0 Å². The number of nitrogens with zero attached hydrogens (tertiary/aromatic N) is 4. The van der Waals surface area contributed by atoms with Gasteiger partial charge in [-0.1, -0.05) is 6.92 Å². The summed E-state index contributed by atoms with van der Waals surface area (Å²) in [5, 5.41) is 2.89. The molecule has 2 aliphatic rings. The largest absolute Gasteiger partial charge is 0.482 e. The van der Waals surface area contributed by atoms with Crippen molar-refractivity contribution in [1.29, 1.82) is 0 Å². The fourth-order valence-electron chi connectivity index (χ4n) is 4.20. The van der Waals surface area contributed by atoms with Gasteiger partial charge in [0.05, 0.1) is 17.1 Å². The van der Waals surface area contributed by atoms with E-state index < -0.39 is 0 Å². The molecule has 0 spiro atoms. The predicted molar refractivity (Wildman–Crippen MR) is 117 cm³/mol. The zero-order valence-electron chi connectivity index (χ0n) is 17.1. The Labute approximate surface area is 175 Å². The van der Waals surface area contributed by atoms with E-state index in [1.54, 1.807) is 0 Å². The van der Waals surface area contributed by atoms with E-state index in [0.717, 1.165) is 61.9 Å². The lowest BCUT2D eigenvalue weighted by molar-refractivity contribution is -0.118. The van der Waals surface area contributed by atoms with Gasteiger partial charge in [0.2, 0.25) is 0 Å². The summed E-state index contributed by atoms with van der Waals surface area (Å²) in [4.78, 5) is 21.6. The number of likely N-dealkylation sites (N-methyl/N-ethyl adjacent to an activating group) is 1. The van der Waals surface area contributed by atoms with Gasteiger partial charge in [0.25, 0.3) is 5.91 Å². The zero-order valence-corrected chi connectivity index (χ0v) is 17.1. The van der Waals surface area contributed by atoms with Gasteiger partial charge in [0.15, 0.2) is 6.61 Å². The third-order valence-corrected chi connectivity index (χ3v) is 5.91. The van der Waals surface area contributed by atoms with Crippen LogP contribution in [-0.4, -0.2) is 64.4 Å². The number of hydrogen-bond donors (Lipinski definition) is 2. The molecule has 1 aromatic carbocycles. The molecule has 0 unspecified atom stereocenters. The number of anilines is 2. The Kier molecular flexibility index (Phi) is 4.80. The van der Waals surface area contributed by atoms with Crippen LogP contribution in [0.1, 0.15) is 12.6 Å². The summed E-state index contributed by atoms with van der Waals surface area (Å²) in [5.41, 5.74) is 11.3. The van der Waals surface area contributed by atoms with Crippen LogP contribution < -0.4 is 15.8 Å². The van der Waals surface area contributed by atoms with Crippen molar-refractivity contribution >= 4 is 22.9 Å². The lowest BCUT2D eigenvalue weighted by atomic mass is 10.1. The molecule has 8 nitrogen and oxygen atoms in total. The number of pyridine rings is 1. The lowest BCUT2D eigenvalue weighted by Crippen LogP contribution is -2.45. The fourth-order valence-corrected chi connectivity index (χ4v) is 4.20. The number of amides is 1. The van der Waals surface area contributed by atoms with E-state index in [1.807, 2.05) is 36.5 Å². The maximum atomic E-state index is 11.8. The first kappa shape index (κ1) is 18.9. The van der Waals surface area contributed by atoms with Crippen molar-refractivity contribution < 1.29 is 9.53 Å². The average molecular weight is 406 g/mol. The van der Waals surface area contributed by atoms with Crippen LogP contribution in [-0.2, 0) is 11.3 Å². The molecule has 0 radical (unpaired) electrons. The third-order valence-electron chi connectivity index (χ3n) is 5.91. The van der Waals surface area contributed by atoms with E-state index in [0.29, 0.717) is 17.1 Å². The normalized spacial score (nSPS) is 17.6. The number of fused-ring (bicyclic) bond motifs is 2. The van der Waals surface area contributed by atoms with Crippen LogP contribution in [0, 0.1) is 0 Å². The molecule has 2 aliphatic heterocycles. The van der Waals surface area contributed by atoms with Crippen molar-refractivity contribution in [3.8, 4) is 17.0 Å². The molecule has 3 N–H and O–H groups in total. The highest BCUT2D eigenvalue weighted by Gasteiger charge is 2.22. The van der Waals surface area contributed by atoms with E-state index in [1.165, 1.54) is 0 Å². The minimum Gasteiger partial charge on any atom is -0.482 e. The van der Waals surface area contributed by atoms with Gasteiger partial charge in [0, 0.05) is 50.2 Å². The first-order chi connectivity index (χ1) is 14.6. The zero-order chi connectivity index (χ0) is 20.7. The maximum Gasteiger partial charge on any atom is 0.262 e. The first-order valence-corrected chi connectivity index (χ1v) is 10.4. The summed E-state index contributed by atoms with van der Waals surface area (Å²) in [6, 6.07) is 9.65. The van der Waals surface area contributed by atoms with Crippen LogP contribution in [0.5, 0.6) is 5.75 Å². The molecule has 3 aromatic rings. The number of hydrogen-bond acceptors (Lipinski definition) is 6. The van der Waals surface area contributed by atoms with Crippen molar-refractivity contribution in [3.63, 3.8) is 0 Å². The SMILES string of the molecule is CCN1CCN(Cc2c(-c3ccc4c(c3)NC(=O)CO4)nc3ccc(N)cn23)CC1. The molecule has 8 heteroatoms. The molecule has 2 aromatic heterocycles. The topological polar surface area (TPSA) is 88.1 Å². The summed E-state index contributed by atoms with van der Waals surface area (Å²) in [7, 11) is 0. The summed E-state index contributed by atoms with van der Waals surface area (Å²) < 4.78 is 7.60. The Morgan fingerprint density at radius 2 is 1.93 bits per heavy atom. The van der Waals surface area contributed by atoms with Crippen LogP contribution in [0.4, 0.5) is 11.4 Å². The summed E-state index contributed by atoms with van der Waals surface area (Å²) in [6.45, 7) is 8.34. The molecule has 1 fully saturated rings. The molecule has 5 rings (SSSR count). The van der Waals surface area contributed by atoms with Gasteiger partial charge in [-0.05, 0) is 36.9 Å². The van der Waals surface area contributed by atoms with E-state index >= 15 is 0 Å². The fraction of sp³-hybridized carbons (Fsp3) is 0.364. The maximum absolute atomic E-state index is 11.8. The average Bonchev–Trinajstić information content (AvgIpc) is 3.11. The van der Waals surface area contributed by atoms with E-state index in [2.05, 4.69) is 26.4 Å². The molecular formula is C22H26N6O2. The van der Waals surface area contributed by atoms with Crippen LogP contribution >= 0.6 is 0 Å². The molecule has 4 heterocycles. The summed E-state index contributed by atoms with van der Waals surface area (Å²) in [6.07, 6.45) is 1.94. The molecule has 156 valence electrons. The number of benzene rings is 1. The highest BCUT2D eigenvalue weighted by atomic mass is 16.5. The predicted octanol–water partition coefficient (Wildman–Crippen LogP) is 2.05. The second kappa shape index (κ2) is 7.62. The van der Waals surface area contributed by atoms with Gasteiger partial charge in [0.1, 0.15) is 11.4 Å². The van der Waals surface area contributed by atoms with Gasteiger partial charge < -0.3 is 25.1 Å². The third kappa shape index (κ3) is 3.48. The smallest absolute Gasteiger partial charge is 0.262 e. The molecule has 0 bridgehead atoms. The summed E-state index contributed by atoms with van der Waals surface area (Å²) >= 11 is 0. The minimum atomic E-state index is -0.142. The molecular weight excluding hydrogens is 380 g/mol. The number of aromatic nitrogens is 2. The highest BCUT2D eigenvalue weighted by Crippen LogP contribution is 2.34. The number of nitrogen functional groups attached to an aromatic ring is 1. The number of rotatable bonds is 4. The molecule has 1 amide bonds. The standard InChI is InChI=1S/C22H26N6O2/c1-2-26-7-9-27(10-8-26)13-18-22(25-20-6-4-16(23)12-28(18)20)15-3-5-19-17(11-15)24-21(29)14-30-19/h3-6,11-12H,2,7-10,13-14,23H2,1H3,(H,24,29). The van der Waals surface area contributed by atoms with E-state index in [9.17, 15) is 4.79 Å². The number of nitrogens with two attached hydrogens (primary N) is 1. The number of carbonyl (C=O) groups is 1. The molecule has 30 heavy (non-hydrogen) atoms. The van der Waals surface area contributed by atoms with Crippen molar-refractivity contribution in [2.24, 2.45) is 0 Å². The van der Waals surface area contributed by atoms with E-state index in [-0.39, 0.29) is 12.5 Å². The number of imidazole rings is 1. The minimum absolute atomic E-state index is 0.0506. The Morgan fingerprint density at radius 3 is 2.73 bits per heavy atom. The Bertz CT molecular complexity index is 1100. The second-order valence-corrected chi connectivity index (χ2v) is 7.86. The Hall–Kier alpha value is -3.10. The van der Waals surface area contributed by atoms with Crippen LogP contribution in [0.25, 0.3) is 16.9 Å². The lowest BCUT2D eigenvalue weighted by Gasteiger charge is -2.34. The van der Waals surface area contributed by atoms with Crippen molar-refractivity contribution in [3.05, 3.63) is 42.2 Å². The number of nitrogens with one attached hydrogen (secondary N) is 1. The molecule has 0 saturated carbocycles. The van der Waals surface area contributed by atoms with Crippen LogP contribution in [0.15, 0.2) is 36.5 Å². The molecule has 0 atom stereocenters. The van der Waals surface area contributed by atoms with Gasteiger partial charge in [-0.15, -0.1) is 0 Å². The van der Waals surface area contributed by atoms with E-state index in [4.69, 9.17) is 15.5 Å². The van der Waals surface area contributed by atoms with Gasteiger partial charge in [-0.25, -0.2) is 4.98 Å². The quantitative estimate of drug-likeness (QED) is 0.690. The number of piperazine rings is 1. The highest BCUT2D eigenvalue weighted by molar-refractivity contribution is 5.96. The monoisotopic (exact) mass is 406 g/mol.